The molecule has 7 nitrogen and oxygen atoms in total. The molecular weight excluding hydrogens is 418 g/mol. The van der Waals surface area contributed by atoms with Crippen molar-refractivity contribution in [3.05, 3.63) is 71.0 Å². The number of benzene rings is 1. The van der Waals surface area contributed by atoms with E-state index in [2.05, 4.69) is 10.6 Å². The quantitative estimate of drug-likeness (QED) is 0.501. The molecular formula is C26H33N3O4. The zero-order valence-corrected chi connectivity index (χ0v) is 19.4. The molecule has 3 rings (SSSR count). The molecule has 3 N–H and O–H groups in total. The molecule has 0 bridgehead atoms. The van der Waals surface area contributed by atoms with Crippen LogP contribution in [-0.4, -0.2) is 50.5 Å². The lowest BCUT2D eigenvalue weighted by molar-refractivity contribution is -0.142. The van der Waals surface area contributed by atoms with Gasteiger partial charge in [-0.05, 0) is 43.7 Å². The zero-order chi connectivity index (χ0) is 23.6. The van der Waals surface area contributed by atoms with Crippen LogP contribution in [0.1, 0.15) is 31.7 Å². The highest BCUT2D eigenvalue weighted by Crippen LogP contribution is 2.20. The Morgan fingerprint density at radius 1 is 1.21 bits per heavy atom. The number of carbonyl (C=O) groups excluding carboxylic acids is 2. The minimum atomic E-state index is -0.603. The Balaban J connectivity index is 1.63. The van der Waals surface area contributed by atoms with Crippen LogP contribution in [0, 0.1) is 11.3 Å². The van der Waals surface area contributed by atoms with E-state index >= 15 is 0 Å². The number of amides is 1. The highest BCUT2D eigenvalue weighted by atomic mass is 16.5. The first kappa shape index (κ1) is 24.5. The molecule has 1 unspecified atom stereocenters. The average Bonchev–Trinajstić information content (AvgIpc) is 2.84. The van der Waals surface area contributed by atoms with Crippen LogP contribution in [0.3, 0.4) is 0 Å². The Hall–Kier alpha value is -3.19. The normalized spacial score (nSPS) is 18.8. The summed E-state index contributed by atoms with van der Waals surface area (Å²) in [5.41, 5.74) is 2.67. The van der Waals surface area contributed by atoms with Crippen LogP contribution < -0.4 is 10.6 Å². The van der Waals surface area contributed by atoms with Crippen LogP contribution in [0.2, 0.25) is 0 Å². The van der Waals surface area contributed by atoms with Gasteiger partial charge in [0.15, 0.2) is 0 Å². The van der Waals surface area contributed by atoms with Crippen LogP contribution in [0.25, 0.3) is 0 Å². The Bertz CT molecular complexity index is 944. The fourth-order valence-corrected chi connectivity index (χ4v) is 4.10. The number of ether oxygens (including phenoxy) is 2. The number of methoxy groups -OCH3 is 1. The molecule has 33 heavy (non-hydrogen) atoms. The SMILES string of the molecule is COC(=O)C(Cc1ccccc1)N/C(C)=C1/C=CC=C(C(=O)NCCC2CCOCC2)C1=N. The molecule has 0 spiro atoms. The molecule has 0 aromatic heterocycles. The molecule has 1 aliphatic carbocycles. The monoisotopic (exact) mass is 451 g/mol. The molecule has 2 aliphatic rings. The van der Waals surface area contributed by atoms with Gasteiger partial charge in [0, 0.05) is 37.4 Å². The van der Waals surface area contributed by atoms with Crippen LogP contribution in [-0.2, 0) is 25.5 Å². The third-order valence-electron chi connectivity index (χ3n) is 6.05. The van der Waals surface area contributed by atoms with E-state index in [1.807, 2.05) is 30.3 Å². The van der Waals surface area contributed by atoms with Gasteiger partial charge in [-0.25, -0.2) is 4.79 Å². The van der Waals surface area contributed by atoms with Gasteiger partial charge < -0.3 is 20.1 Å². The van der Waals surface area contributed by atoms with E-state index in [0.29, 0.717) is 35.7 Å². The maximum absolute atomic E-state index is 12.7. The lowest BCUT2D eigenvalue weighted by Gasteiger charge is -2.23. The number of rotatable bonds is 9. The summed E-state index contributed by atoms with van der Waals surface area (Å²) in [5.74, 6) is -0.0669. The second-order valence-electron chi connectivity index (χ2n) is 8.36. The molecule has 1 atom stereocenters. The van der Waals surface area contributed by atoms with Gasteiger partial charge in [0.05, 0.1) is 18.4 Å². The van der Waals surface area contributed by atoms with Gasteiger partial charge in [0.25, 0.3) is 5.91 Å². The first-order valence-corrected chi connectivity index (χ1v) is 11.4. The first-order chi connectivity index (χ1) is 16.0. The molecule has 1 saturated heterocycles. The molecule has 1 aromatic carbocycles. The summed E-state index contributed by atoms with van der Waals surface area (Å²) in [4.78, 5) is 25.1. The summed E-state index contributed by atoms with van der Waals surface area (Å²) >= 11 is 0. The van der Waals surface area contributed by atoms with Gasteiger partial charge in [0.2, 0.25) is 0 Å². The Morgan fingerprint density at radius 3 is 2.64 bits per heavy atom. The molecule has 1 aliphatic heterocycles. The topological polar surface area (TPSA) is 101 Å². The lowest BCUT2D eigenvalue weighted by atomic mass is 9.94. The van der Waals surface area contributed by atoms with Crippen molar-refractivity contribution >= 4 is 17.6 Å². The molecule has 1 aromatic rings. The summed E-state index contributed by atoms with van der Waals surface area (Å²) in [6.45, 7) is 3.96. The predicted molar refractivity (Wildman–Crippen MR) is 128 cm³/mol. The van der Waals surface area contributed by atoms with E-state index in [-0.39, 0.29) is 17.6 Å². The van der Waals surface area contributed by atoms with Gasteiger partial charge in [-0.3, -0.25) is 10.2 Å². The fourth-order valence-electron chi connectivity index (χ4n) is 4.10. The Labute approximate surface area is 195 Å². The number of esters is 1. The van der Waals surface area contributed by atoms with E-state index in [0.717, 1.165) is 38.0 Å². The van der Waals surface area contributed by atoms with Gasteiger partial charge in [-0.2, -0.15) is 0 Å². The van der Waals surface area contributed by atoms with Crippen molar-refractivity contribution in [1.29, 1.82) is 5.41 Å². The van der Waals surface area contributed by atoms with Crippen molar-refractivity contribution in [2.24, 2.45) is 5.92 Å². The maximum Gasteiger partial charge on any atom is 0.328 e. The number of hydrogen-bond acceptors (Lipinski definition) is 6. The summed E-state index contributed by atoms with van der Waals surface area (Å²) in [7, 11) is 1.36. The van der Waals surface area contributed by atoms with E-state index in [9.17, 15) is 9.59 Å². The smallest absolute Gasteiger partial charge is 0.328 e. The fraction of sp³-hybridized carbons (Fsp3) is 0.423. The van der Waals surface area contributed by atoms with Crippen molar-refractivity contribution < 1.29 is 19.1 Å². The maximum atomic E-state index is 12.7. The molecule has 176 valence electrons. The van der Waals surface area contributed by atoms with E-state index in [1.165, 1.54) is 7.11 Å². The number of hydrogen-bond donors (Lipinski definition) is 3. The largest absolute Gasteiger partial charge is 0.467 e. The first-order valence-electron chi connectivity index (χ1n) is 11.4. The van der Waals surface area contributed by atoms with Crippen LogP contribution >= 0.6 is 0 Å². The van der Waals surface area contributed by atoms with Crippen LogP contribution in [0.15, 0.2) is 65.4 Å². The zero-order valence-electron chi connectivity index (χ0n) is 19.4. The molecule has 0 saturated carbocycles. The lowest BCUT2D eigenvalue weighted by Crippen LogP contribution is -2.39. The molecule has 1 heterocycles. The molecule has 1 amide bonds. The Kier molecular flexibility index (Phi) is 9.01. The molecule has 1 fully saturated rings. The molecule has 7 heteroatoms. The average molecular weight is 452 g/mol. The van der Waals surface area contributed by atoms with E-state index < -0.39 is 6.04 Å². The minimum absolute atomic E-state index is 0.134. The summed E-state index contributed by atoms with van der Waals surface area (Å²) in [6, 6.07) is 9.07. The standard InChI is InChI=1S/C26H33N3O4/c1-18(29-23(26(31)32-2)17-20-7-4-3-5-8-20)21-9-6-10-22(24(21)27)25(30)28-14-11-19-12-15-33-16-13-19/h3-10,19,23,27,29H,11-17H2,1-2H3,(H,28,30)/b21-18-,27-24?. The number of allylic oxidation sites excluding steroid dienone is 5. The summed E-state index contributed by atoms with van der Waals surface area (Å²) in [6.07, 6.45) is 8.61. The third kappa shape index (κ3) is 6.89. The van der Waals surface area contributed by atoms with Gasteiger partial charge in [-0.1, -0.05) is 42.5 Å². The van der Waals surface area contributed by atoms with Crippen molar-refractivity contribution in [2.75, 3.05) is 26.9 Å². The number of carbonyl (C=O) groups is 2. The predicted octanol–water partition coefficient (Wildman–Crippen LogP) is 3.08. The van der Waals surface area contributed by atoms with Crippen LogP contribution in [0.5, 0.6) is 0 Å². The highest BCUT2D eigenvalue weighted by molar-refractivity contribution is 6.28. The Morgan fingerprint density at radius 2 is 1.94 bits per heavy atom. The second-order valence-corrected chi connectivity index (χ2v) is 8.36. The van der Waals surface area contributed by atoms with Gasteiger partial charge in [0.1, 0.15) is 6.04 Å². The van der Waals surface area contributed by atoms with Crippen molar-refractivity contribution in [1.82, 2.24) is 10.6 Å². The van der Waals surface area contributed by atoms with E-state index in [4.69, 9.17) is 14.9 Å². The van der Waals surface area contributed by atoms with Crippen LogP contribution in [0.4, 0.5) is 0 Å². The van der Waals surface area contributed by atoms with Crippen molar-refractivity contribution in [2.45, 2.75) is 38.6 Å². The minimum Gasteiger partial charge on any atom is -0.467 e. The van der Waals surface area contributed by atoms with Crippen molar-refractivity contribution in [3.8, 4) is 0 Å². The summed E-state index contributed by atoms with van der Waals surface area (Å²) < 4.78 is 10.4. The van der Waals surface area contributed by atoms with Gasteiger partial charge in [-0.15, -0.1) is 0 Å². The second kappa shape index (κ2) is 12.2. The molecule has 0 radical (unpaired) electrons. The van der Waals surface area contributed by atoms with E-state index in [1.54, 1.807) is 25.2 Å². The summed E-state index contributed by atoms with van der Waals surface area (Å²) in [5, 5.41) is 14.8. The van der Waals surface area contributed by atoms with Crippen molar-refractivity contribution in [3.63, 3.8) is 0 Å². The highest BCUT2D eigenvalue weighted by Gasteiger charge is 2.24. The van der Waals surface area contributed by atoms with Gasteiger partial charge >= 0.3 is 5.97 Å². The number of nitrogens with one attached hydrogen (secondary N) is 3. The third-order valence-corrected chi connectivity index (χ3v) is 6.05.